The van der Waals surface area contributed by atoms with E-state index in [9.17, 15) is 0 Å². The molecule has 1 fully saturated rings. The Kier molecular flexibility index (Phi) is 5.25. The predicted molar refractivity (Wildman–Crippen MR) is 71.3 cm³/mol. The van der Waals surface area contributed by atoms with Crippen LogP contribution in [0, 0.1) is 5.41 Å². The fourth-order valence-corrected chi connectivity index (χ4v) is 2.38. The third-order valence-electron chi connectivity index (χ3n) is 3.48. The molecule has 1 aliphatic carbocycles. The monoisotopic (exact) mass is 241 g/mol. The molecule has 4 nitrogen and oxygen atoms in total. The summed E-state index contributed by atoms with van der Waals surface area (Å²) >= 11 is 0. The molecule has 17 heavy (non-hydrogen) atoms. The number of amidine groups is 1. The zero-order valence-electron chi connectivity index (χ0n) is 11.4. The number of oxime groups is 1. The third kappa shape index (κ3) is 5.39. The van der Waals surface area contributed by atoms with Crippen molar-refractivity contribution < 1.29 is 5.21 Å². The van der Waals surface area contributed by atoms with E-state index >= 15 is 0 Å². The van der Waals surface area contributed by atoms with Crippen LogP contribution in [0.25, 0.3) is 0 Å². The molecule has 1 aliphatic rings. The molecule has 1 saturated carbocycles. The van der Waals surface area contributed by atoms with Crippen LogP contribution in [-0.4, -0.2) is 35.1 Å². The third-order valence-corrected chi connectivity index (χ3v) is 3.48. The molecule has 3 N–H and O–H groups in total. The van der Waals surface area contributed by atoms with Crippen molar-refractivity contribution in [2.45, 2.75) is 58.9 Å². The molecule has 0 bridgehead atoms. The molecular formula is C13H27N3O. The molecule has 0 aromatic heterocycles. The minimum atomic E-state index is 0.325. The van der Waals surface area contributed by atoms with Crippen molar-refractivity contribution in [1.82, 2.24) is 4.90 Å². The molecule has 0 aromatic rings. The van der Waals surface area contributed by atoms with Gasteiger partial charge in [-0.3, -0.25) is 4.90 Å². The first-order valence-electron chi connectivity index (χ1n) is 6.63. The Balaban J connectivity index is 2.52. The Labute approximate surface area is 105 Å². The Morgan fingerprint density at radius 1 is 1.35 bits per heavy atom. The van der Waals surface area contributed by atoms with Crippen molar-refractivity contribution >= 4 is 5.84 Å². The maximum absolute atomic E-state index is 8.69. The molecule has 0 heterocycles. The summed E-state index contributed by atoms with van der Waals surface area (Å²) < 4.78 is 0. The number of hydrogen-bond donors (Lipinski definition) is 2. The second-order valence-electron chi connectivity index (χ2n) is 6.31. The van der Waals surface area contributed by atoms with E-state index in [1.807, 2.05) is 0 Å². The number of nitrogens with zero attached hydrogens (tertiary/aromatic N) is 2. The van der Waals surface area contributed by atoms with E-state index in [2.05, 4.69) is 30.8 Å². The summed E-state index contributed by atoms with van der Waals surface area (Å²) in [6, 6.07) is 0.623. The van der Waals surface area contributed by atoms with Gasteiger partial charge in [-0.05, 0) is 31.2 Å². The van der Waals surface area contributed by atoms with Crippen LogP contribution in [0.3, 0.4) is 0 Å². The van der Waals surface area contributed by atoms with Crippen molar-refractivity contribution in [3.05, 3.63) is 0 Å². The zero-order chi connectivity index (χ0) is 12.9. The largest absolute Gasteiger partial charge is 0.409 e. The lowest BCUT2D eigenvalue weighted by Gasteiger charge is -2.31. The highest BCUT2D eigenvalue weighted by molar-refractivity contribution is 5.81. The highest BCUT2D eigenvalue weighted by atomic mass is 16.4. The Morgan fingerprint density at radius 3 is 2.41 bits per heavy atom. The van der Waals surface area contributed by atoms with Crippen LogP contribution in [0.1, 0.15) is 52.9 Å². The lowest BCUT2D eigenvalue weighted by atomic mass is 9.92. The molecule has 0 saturated heterocycles. The SMILES string of the molecule is CC(C)(C)CCN(CC(N)=NO)C1CCCC1. The molecular weight excluding hydrogens is 214 g/mol. The van der Waals surface area contributed by atoms with E-state index in [0.717, 1.165) is 13.0 Å². The minimum absolute atomic E-state index is 0.325. The molecule has 0 aliphatic heterocycles. The highest BCUT2D eigenvalue weighted by Gasteiger charge is 2.24. The summed E-state index contributed by atoms with van der Waals surface area (Å²) in [5.74, 6) is 0.325. The van der Waals surface area contributed by atoms with Crippen LogP contribution in [-0.2, 0) is 0 Å². The topological polar surface area (TPSA) is 61.8 Å². The van der Waals surface area contributed by atoms with Crippen LogP contribution in [0.15, 0.2) is 5.16 Å². The van der Waals surface area contributed by atoms with E-state index < -0.39 is 0 Å². The first kappa shape index (κ1) is 14.3. The Hall–Kier alpha value is -0.770. The van der Waals surface area contributed by atoms with Gasteiger partial charge in [0.25, 0.3) is 0 Å². The standard InChI is InChI=1S/C13H27N3O/c1-13(2,3)8-9-16(10-12(14)15-17)11-6-4-5-7-11/h11,17H,4-10H2,1-3H3,(H2,14,15). The van der Waals surface area contributed by atoms with E-state index in [1.54, 1.807) is 0 Å². The maximum atomic E-state index is 8.69. The molecule has 0 spiro atoms. The van der Waals surface area contributed by atoms with Crippen LogP contribution in [0.2, 0.25) is 0 Å². The zero-order valence-corrected chi connectivity index (χ0v) is 11.4. The van der Waals surface area contributed by atoms with Gasteiger partial charge in [0.2, 0.25) is 0 Å². The van der Waals surface area contributed by atoms with Gasteiger partial charge in [-0.15, -0.1) is 0 Å². The van der Waals surface area contributed by atoms with Crippen LogP contribution in [0.5, 0.6) is 0 Å². The minimum Gasteiger partial charge on any atom is -0.409 e. The van der Waals surface area contributed by atoms with Crippen LogP contribution < -0.4 is 5.73 Å². The van der Waals surface area contributed by atoms with Crippen molar-refractivity contribution in [2.24, 2.45) is 16.3 Å². The molecule has 0 unspecified atom stereocenters. The molecule has 0 atom stereocenters. The van der Waals surface area contributed by atoms with Gasteiger partial charge in [-0.1, -0.05) is 38.8 Å². The molecule has 0 aromatic carbocycles. The van der Waals surface area contributed by atoms with E-state index in [0.29, 0.717) is 23.8 Å². The van der Waals surface area contributed by atoms with Gasteiger partial charge in [0.05, 0.1) is 6.54 Å². The second-order valence-corrected chi connectivity index (χ2v) is 6.31. The predicted octanol–water partition coefficient (Wildman–Crippen LogP) is 2.41. The lowest BCUT2D eigenvalue weighted by molar-refractivity contribution is 0.191. The molecule has 0 radical (unpaired) electrons. The fourth-order valence-electron chi connectivity index (χ4n) is 2.38. The van der Waals surface area contributed by atoms with Crippen molar-refractivity contribution in [3.63, 3.8) is 0 Å². The first-order chi connectivity index (χ1) is 7.92. The van der Waals surface area contributed by atoms with Gasteiger partial charge in [0.1, 0.15) is 0 Å². The van der Waals surface area contributed by atoms with Gasteiger partial charge in [-0.2, -0.15) is 0 Å². The summed E-state index contributed by atoms with van der Waals surface area (Å²) in [6.45, 7) is 8.39. The number of nitrogens with two attached hydrogens (primary N) is 1. The Bertz CT molecular complexity index is 252. The summed E-state index contributed by atoms with van der Waals surface area (Å²) in [7, 11) is 0. The summed E-state index contributed by atoms with van der Waals surface area (Å²) in [4.78, 5) is 2.38. The maximum Gasteiger partial charge on any atom is 0.153 e. The van der Waals surface area contributed by atoms with E-state index in [1.165, 1.54) is 25.7 Å². The van der Waals surface area contributed by atoms with E-state index in [4.69, 9.17) is 10.9 Å². The summed E-state index contributed by atoms with van der Waals surface area (Å²) in [5, 5.41) is 11.8. The number of hydrogen-bond acceptors (Lipinski definition) is 3. The Morgan fingerprint density at radius 2 is 1.94 bits per heavy atom. The fraction of sp³-hybridized carbons (Fsp3) is 0.923. The van der Waals surface area contributed by atoms with Crippen LogP contribution >= 0.6 is 0 Å². The van der Waals surface area contributed by atoms with Gasteiger partial charge in [0.15, 0.2) is 5.84 Å². The average molecular weight is 241 g/mol. The normalized spacial score (nSPS) is 19.2. The summed E-state index contributed by atoms with van der Waals surface area (Å²) in [5.41, 5.74) is 5.97. The first-order valence-corrected chi connectivity index (χ1v) is 6.63. The second kappa shape index (κ2) is 6.24. The van der Waals surface area contributed by atoms with Crippen molar-refractivity contribution in [1.29, 1.82) is 0 Å². The number of rotatable bonds is 5. The van der Waals surface area contributed by atoms with Crippen LogP contribution in [0.4, 0.5) is 0 Å². The van der Waals surface area contributed by atoms with Gasteiger partial charge in [-0.25, -0.2) is 0 Å². The highest BCUT2D eigenvalue weighted by Crippen LogP contribution is 2.26. The van der Waals surface area contributed by atoms with Crippen molar-refractivity contribution in [2.75, 3.05) is 13.1 Å². The quantitative estimate of drug-likeness (QED) is 0.336. The molecule has 0 amide bonds. The smallest absolute Gasteiger partial charge is 0.153 e. The van der Waals surface area contributed by atoms with Gasteiger partial charge >= 0.3 is 0 Å². The summed E-state index contributed by atoms with van der Waals surface area (Å²) in [6.07, 6.45) is 6.27. The van der Waals surface area contributed by atoms with Crippen molar-refractivity contribution in [3.8, 4) is 0 Å². The van der Waals surface area contributed by atoms with Gasteiger partial charge < -0.3 is 10.9 Å². The molecule has 4 heteroatoms. The van der Waals surface area contributed by atoms with Gasteiger partial charge in [0, 0.05) is 6.04 Å². The lowest BCUT2D eigenvalue weighted by Crippen LogP contribution is -2.41. The molecule has 100 valence electrons. The van der Waals surface area contributed by atoms with E-state index in [-0.39, 0.29) is 0 Å². The average Bonchev–Trinajstić information content (AvgIpc) is 2.75. The molecule has 1 rings (SSSR count).